The van der Waals surface area contributed by atoms with Gasteiger partial charge in [0.15, 0.2) is 11.5 Å². The van der Waals surface area contributed by atoms with Crippen molar-refractivity contribution in [2.75, 3.05) is 12.3 Å². The Morgan fingerprint density at radius 2 is 1.63 bits per heavy atom. The van der Waals surface area contributed by atoms with E-state index in [1.807, 2.05) is 30.3 Å². The van der Waals surface area contributed by atoms with Gasteiger partial charge in [0.25, 0.3) is 0 Å². The van der Waals surface area contributed by atoms with Crippen molar-refractivity contribution in [1.29, 1.82) is 0 Å². The van der Waals surface area contributed by atoms with Gasteiger partial charge < -0.3 is 21.1 Å². The topological polar surface area (TPSA) is 90.0 Å². The minimum Gasteiger partial charge on any atom is -0.506 e. The van der Waals surface area contributed by atoms with Gasteiger partial charge in [-0.25, -0.2) is 0 Å². The van der Waals surface area contributed by atoms with Gasteiger partial charge in [0.2, 0.25) is 0 Å². The largest absolute Gasteiger partial charge is 0.506 e. The molecule has 5 N–H and O–H groups in total. The quantitative estimate of drug-likeness (QED) is 0.423. The molecule has 1 unspecified atom stereocenters. The molecule has 1 atom stereocenters. The lowest BCUT2D eigenvalue weighted by Gasteiger charge is -2.36. The Kier molecular flexibility index (Phi) is 4.38. The van der Waals surface area contributed by atoms with Crippen molar-refractivity contribution in [3.05, 3.63) is 82.9 Å². The van der Waals surface area contributed by atoms with Crippen molar-refractivity contribution in [3.8, 4) is 17.2 Å². The average Bonchev–Trinajstić information content (AvgIpc) is 2.67. The zero-order chi connectivity index (χ0) is 19.0. The Hall–Kier alpha value is -3.18. The first-order valence-electron chi connectivity index (χ1n) is 8.91. The zero-order valence-electron chi connectivity index (χ0n) is 14.8. The highest BCUT2D eigenvalue weighted by Gasteiger charge is 2.29. The summed E-state index contributed by atoms with van der Waals surface area (Å²) in [5, 5.41) is 29.7. The van der Waals surface area contributed by atoms with Crippen LogP contribution in [0.4, 0.5) is 5.69 Å². The first-order chi connectivity index (χ1) is 13.0. The molecular formula is C22H22N2O3. The summed E-state index contributed by atoms with van der Waals surface area (Å²) in [7, 11) is 0. The van der Waals surface area contributed by atoms with Gasteiger partial charge in [0.1, 0.15) is 5.75 Å². The number of aromatic hydroxyl groups is 3. The number of phenols is 3. The first-order valence-corrected chi connectivity index (χ1v) is 8.91. The molecule has 138 valence electrons. The Morgan fingerprint density at radius 3 is 2.37 bits per heavy atom. The molecular weight excluding hydrogens is 340 g/mol. The van der Waals surface area contributed by atoms with Crippen molar-refractivity contribution in [1.82, 2.24) is 4.90 Å². The number of hydrogen-bond donors (Lipinski definition) is 4. The number of rotatable bonds is 3. The Morgan fingerprint density at radius 1 is 0.889 bits per heavy atom. The van der Waals surface area contributed by atoms with Crippen molar-refractivity contribution in [3.63, 3.8) is 0 Å². The van der Waals surface area contributed by atoms with Crippen LogP contribution in [-0.4, -0.2) is 26.8 Å². The van der Waals surface area contributed by atoms with Crippen LogP contribution in [0, 0.1) is 0 Å². The second-order valence-electron chi connectivity index (χ2n) is 7.02. The fraction of sp³-hybridized carbons (Fsp3) is 0.182. The molecule has 27 heavy (non-hydrogen) atoms. The van der Waals surface area contributed by atoms with E-state index in [1.165, 1.54) is 11.6 Å². The van der Waals surface area contributed by atoms with Crippen LogP contribution in [0.1, 0.15) is 28.2 Å². The third-order valence-electron chi connectivity index (χ3n) is 5.22. The minimum absolute atomic E-state index is 0.0214. The summed E-state index contributed by atoms with van der Waals surface area (Å²) in [5.74, 6) is -0.211. The molecule has 5 heteroatoms. The number of anilines is 1. The van der Waals surface area contributed by atoms with Gasteiger partial charge in [0, 0.05) is 25.6 Å². The fourth-order valence-electron chi connectivity index (χ4n) is 3.82. The number of phenolic OH excluding ortho intramolecular Hbond substituents is 3. The monoisotopic (exact) mass is 362 g/mol. The predicted molar refractivity (Wildman–Crippen MR) is 105 cm³/mol. The average molecular weight is 362 g/mol. The summed E-state index contributed by atoms with van der Waals surface area (Å²) in [6, 6.07) is 18.6. The van der Waals surface area contributed by atoms with E-state index >= 15 is 0 Å². The van der Waals surface area contributed by atoms with E-state index in [4.69, 9.17) is 5.73 Å². The highest BCUT2D eigenvalue weighted by atomic mass is 16.3. The number of hydrogen-bond acceptors (Lipinski definition) is 5. The molecule has 0 amide bonds. The number of fused-ring (bicyclic) bond motifs is 1. The van der Waals surface area contributed by atoms with Gasteiger partial charge in [0.05, 0.1) is 5.69 Å². The number of benzene rings is 3. The molecule has 1 aliphatic heterocycles. The lowest BCUT2D eigenvalue weighted by atomic mass is 9.83. The summed E-state index contributed by atoms with van der Waals surface area (Å²) in [5.41, 5.74) is 10.6. The van der Waals surface area contributed by atoms with E-state index < -0.39 is 0 Å². The molecule has 3 aromatic carbocycles. The van der Waals surface area contributed by atoms with Crippen LogP contribution in [0.3, 0.4) is 0 Å². The molecule has 1 aliphatic rings. The number of nitrogens with two attached hydrogens (primary N) is 1. The van der Waals surface area contributed by atoms with Gasteiger partial charge in [-0.15, -0.1) is 0 Å². The van der Waals surface area contributed by atoms with Crippen LogP contribution < -0.4 is 5.73 Å². The van der Waals surface area contributed by atoms with Gasteiger partial charge in [-0.3, -0.25) is 4.90 Å². The van der Waals surface area contributed by atoms with Crippen molar-refractivity contribution in [2.24, 2.45) is 0 Å². The number of nitrogen functional groups attached to an aromatic ring is 1. The minimum atomic E-state index is -0.138. The third-order valence-corrected chi connectivity index (χ3v) is 5.22. The van der Waals surface area contributed by atoms with E-state index in [1.54, 1.807) is 12.1 Å². The summed E-state index contributed by atoms with van der Waals surface area (Å²) < 4.78 is 0. The summed E-state index contributed by atoms with van der Waals surface area (Å²) >= 11 is 0. The normalized spacial score (nSPS) is 16.8. The second kappa shape index (κ2) is 6.85. The van der Waals surface area contributed by atoms with E-state index in [0.717, 1.165) is 29.8 Å². The molecule has 0 bridgehead atoms. The Balaban J connectivity index is 1.75. The molecule has 4 rings (SSSR count). The van der Waals surface area contributed by atoms with Gasteiger partial charge in [-0.2, -0.15) is 0 Å². The summed E-state index contributed by atoms with van der Waals surface area (Å²) in [4.78, 5) is 2.28. The van der Waals surface area contributed by atoms with Gasteiger partial charge >= 0.3 is 0 Å². The maximum absolute atomic E-state index is 10.1. The van der Waals surface area contributed by atoms with Crippen molar-refractivity contribution < 1.29 is 15.3 Å². The zero-order valence-corrected chi connectivity index (χ0v) is 14.8. The SMILES string of the molecule is Nc1c(O)ccc2c1CN(Cc1ccccc1)CC2c1ccc(O)c(O)c1. The van der Waals surface area contributed by atoms with Crippen LogP contribution in [-0.2, 0) is 13.1 Å². The maximum atomic E-state index is 10.1. The lowest BCUT2D eigenvalue weighted by molar-refractivity contribution is 0.232. The van der Waals surface area contributed by atoms with Gasteiger partial charge in [-0.05, 0) is 40.5 Å². The molecule has 0 saturated carbocycles. The van der Waals surface area contributed by atoms with E-state index in [0.29, 0.717) is 12.2 Å². The van der Waals surface area contributed by atoms with Crippen LogP contribution in [0.15, 0.2) is 60.7 Å². The van der Waals surface area contributed by atoms with Crippen LogP contribution in [0.5, 0.6) is 17.2 Å². The maximum Gasteiger partial charge on any atom is 0.157 e. The molecule has 0 aromatic heterocycles. The molecule has 0 aliphatic carbocycles. The number of nitrogens with zero attached hydrogens (tertiary/aromatic N) is 1. The molecule has 0 fully saturated rings. The van der Waals surface area contributed by atoms with Crippen LogP contribution in [0.2, 0.25) is 0 Å². The molecule has 0 spiro atoms. The summed E-state index contributed by atoms with van der Waals surface area (Å²) in [6.07, 6.45) is 0. The lowest BCUT2D eigenvalue weighted by Crippen LogP contribution is -2.34. The molecule has 0 saturated heterocycles. The standard InChI is InChI=1S/C22H22N2O3/c23-22-18-13-24(11-14-4-2-1-3-5-14)12-17(16(18)7-9-20(22)26)15-6-8-19(25)21(27)10-15/h1-10,17,25-27H,11-13,23H2. The summed E-state index contributed by atoms with van der Waals surface area (Å²) in [6.45, 7) is 2.15. The molecule has 0 radical (unpaired) electrons. The third kappa shape index (κ3) is 3.29. The first kappa shape index (κ1) is 17.2. The Bertz CT molecular complexity index is 973. The second-order valence-corrected chi connectivity index (χ2v) is 7.02. The van der Waals surface area contributed by atoms with E-state index in [2.05, 4.69) is 17.0 Å². The fourth-order valence-corrected chi connectivity index (χ4v) is 3.82. The predicted octanol–water partition coefficient (Wildman–Crippen LogP) is 3.53. The molecule has 3 aromatic rings. The van der Waals surface area contributed by atoms with Crippen molar-refractivity contribution in [2.45, 2.75) is 19.0 Å². The molecule has 5 nitrogen and oxygen atoms in total. The van der Waals surface area contributed by atoms with Gasteiger partial charge in [-0.1, -0.05) is 42.5 Å². The van der Waals surface area contributed by atoms with Crippen LogP contribution in [0.25, 0.3) is 0 Å². The van der Waals surface area contributed by atoms with E-state index in [9.17, 15) is 15.3 Å². The highest BCUT2D eigenvalue weighted by molar-refractivity contribution is 5.63. The van der Waals surface area contributed by atoms with Crippen molar-refractivity contribution >= 4 is 5.69 Å². The smallest absolute Gasteiger partial charge is 0.157 e. The Labute approximate surface area is 157 Å². The highest BCUT2D eigenvalue weighted by Crippen LogP contribution is 2.41. The van der Waals surface area contributed by atoms with E-state index in [-0.39, 0.29) is 23.2 Å². The molecule has 1 heterocycles. The van der Waals surface area contributed by atoms with Crippen LogP contribution >= 0.6 is 0 Å².